The van der Waals surface area contributed by atoms with Crippen molar-refractivity contribution < 1.29 is 13.9 Å². The molecule has 0 aliphatic rings. The highest BCUT2D eigenvalue weighted by molar-refractivity contribution is 5.98. The van der Waals surface area contributed by atoms with E-state index in [-0.39, 0.29) is 11.7 Å². The lowest BCUT2D eigenvalue weighted by Gasteiger charge is -2.16. The van der Waals surface area contributed by atoms with E-state index in [0.717, 1.165) is 16.7 Å². The second kappa shape index (κ2) is 6.42. The summed E-state index contributed by atoms with van der Waals surface area (Å²) in [6.45, 7) is 0.292. The molecule has 0 atom stereocenters. The van der Waals surface area contributed by atoms with E-state index in [1.165, 1.54) is 12.1 Å². The Kier molecular flexibility index (Phi) is 4.07. The molecule has 6 nitrogen and oxygen atoms in total. The van der Waals surface area contributed by atoms with Crippen molar-refractivity contribution >= 4 is 27.8 Å². The SMILES string of the molecule is COc1ccc2c(c1)cc(C(=O)N(C)Cc1nc3ccc(F)cc3[nH]1)n2C. The third kappa shape index (κ3) is 3.01. The minimum absolute atomic E-state index is 0.126. The molecule has 0 fully saturated rings. The Hall–Kier alpha value is -3.35. The number of benzene rings is 2. The number of halogens is 1. The average Bonchev–Trinajstić information content (AvgIpc) is 3.20. The number of ether oxygens (including phenoxy) is 1. The maximum atomic E-state index is 13.3. The zero-order chi connectivity index (χ0) is 19.1. The Labute approximate surface area is 155 Å². The summed E-state index contributed by atoms with van der Waals surface area (Å²) in [4.78, 5) is 22.0. The average molecular weight is 366 g/mol. The summed E-state index contributed by atoms with van der Waals surface area (Å²) < 4.78 is 20.4. The van der Waals surface area contributed by atoms with Crippen LogP contribution in [0.25, 0.3) is 21.9 Å². The molecule has 2 heterocycles. The molecule has 0 bridgehead atoms. The second-order valence-corrected chi connectivity index (χ2v) is 6.52. The summed E-state index contributed by atoms with van der Waals surface area (Å²) in [5.41, 5.74) is 2.81. The number of nitrogens with zero attached hydrogens (tertiary/aromatic N) is 3. The number of amides is 1. The predicted octanol–water partition coefficient (Wildman–Crippen LogP) is 3.47. The zero-order valence-electron chi connectivity index (χ0n) is 15.3. The summed E-state index contributed by atoms with van der Waals surface area (Å²) in [7, 11) is 5.19. The molecule has 0 aliphatic carbocycles. The van der Waals surface area contributed by atoms with Gasteiger partial charge in [0.25, 0.3) is 5.91 Å². The zero-order valence-corrected chi connectivity index (χ0v) is 15.3. The minimum atomic E-state index is -0.326. The molecule has 0 saturated carbocycles. The van der Waals surface area contributed by atoms with Gasteiger partial charge in [-0.25, -0.2) is 9.37 Å². The lowest BCUT2D eigenvalue weighted by molar-refractivity contribution is 0.0773. The third-order valence-corrected chi connectivity index (χ3v) is 4.70. The van der Waals surface area contributed by atoms with Crippen molar-refractivity contribution in [3.05, 3.63) is 59.8 Å². The van der Waals surface area contributed by atoms with E-state index >= 15 is 0 Å². The Morgan fingerprint density at radius 2 is 2.07 bits per heavy atom. The standard InChI is InChI=1S/C20H19FN4O2/c1-24(11-19-22-15-6-4-13(21)10-16(15)23-19)20(26)18-9-12-8-14(27-3)5-7-17(12)25(18)2/h4-10H,11H2,1-3H3,(H,22,23). The highest BCUT2D eigenvalue weighted by Gasteiger charge is 2.19. The molecule has 0 spiro atoms. The van der Waals surface area contributed by atoms with Crippen molar-refractivity contribution in [2.24, 2.45) is 7.05 Å². The van der Waals surface area contributed by atoms with Gasteiger partial charge >= 0.3 is 0 Å². The Morgan fingerprint density at radius 3 is 2.85 bits per heavy atom. The molecule has 0 unspecified atom stereocenters. The molecule has 4 rings (SSSR count). The van der Waals surface area contributed by atoms with Crippen LogP contribution in [0, 0.1) is 5.82 Å². The van der Waals surface area contributed by atoms with Gasteiger partial charge in [0.2, 0.25) is 0 Å². The van der Waals surface area contributed by atoms with E-state index in [2.05, 4.69) is 9.97 Å². The van der Waals surface area contributed by atoms with Crippen LogP contribution in [0.4, 0.5) is 4.39 Å². The van der Waals surface area contributed by atoms with Crippen molar-refractivity contribution in [3.63, 3.8) is 0 Å². The summed E-state index contributed by atoms with van der Waals surface area (Å²) in [5, 5.41) is 0.938. The molecular weight excluding hydrogens is 347 g/mol. The van der Waals surface area contributed by atoms with Crippen LogP contribution in [0.1, 0.15) is 16.3 Å². The number of hydrogen-bond acceptors (Lipinski definition) is 3. The number of aromatic amines is 1. The van der Waals surface area contributed by atoms with Crippen molar-refractivity contribution in [2.75, 3.05) is 14.2 Å². The van der Waals surface area contributed by atoms with Gasteiger partial charge in [0.15, 0.2) is 0 Å². The van der Waals surface area contributed by atoms with Crippen molar-refractivity contribution in [1.82, 2.24) is 19.4 Å². The molecule has 1 N–H and O–H groups in total. The van der Waals surface area contributed by atoms with Gasteiger partial charge in [0.05, 0.1) is 24.7 Å². The van der Waals surface area contributed by atoms with E-state index in [0.29, 0.717) is 29.1 Å². The highest BCUT2D eigenvalue weighted by Crippen LogP contribution is 2.24. The first kappa shape index (κ1) is 17.1. The van der Waals surface area contributed by atoms with Crippen LogP contribution < -0.4 is 4.74 Å². The number of hydrogen-bond donors (Lipinski definition) is 1. The normalized spacial score (nSPS) is 11.3. The molecule has 7 heteroatoms. The van der Waals surface area contributed by atoms with Gasteiger partial charge in [-0.1, -0.05) is 0 Å². The Balaban J connectivity index is 1.61. The van der Waals surface area contributed by atoms with Crippen molar-refractivity contribution in [2.45, 2.75) is 6.54 Å². The van der Waals surface area contributed by atoms with Gasteiger partial charge in [-0.3, -0.25) is 4.79 Å². The fraction of sp³-hybridized carbons (Fsp3) is 0.200. The number of carbonyl (C=O) groups excluding carboxylic acids is 1. The maximum absolute atomic E-state index is 13.3. The van der Waals surface area contributed by atoms with E-state index in [4.69, 9.17) is 4.74 Å². The van der Waals surface area contributed by atoms with E-state index in [9.17, 15) is 9.18 Å². The molecule has 4 aromatic rings. The summed E-state index contributed by atoms with van der Waals surface area (Å²) in [6.07, 6.45) is 0. The number of fused-ring (bicyclic) bond motifs is 2. The number of rotatable bonds is 4. The second-order valence-electron chi connectivity index (χ2n) is 6.52. The molecule has 2 aromatic heterocycles. The van der Waals surface area contributed by atoms with Gasteiger partial charge in [-0.05, 0) is 42.5 Å². The van der Waals surface area contributed by atoms with Crippen LogP contribution in [-0.2, 0) is 13.6 Å². The summed E-state index contributed by atoms with van der Waals surface area (Å²) in [6, 6.07) is 11.9. The van der Waals surface area contributed by atoms with Crippen LogP contribution in [0.2, 0.25) is 0 Å². The molecule has 0 aliphatic heterocycles. The van der Waals surface area contributed by atoms with Gasteiger partial charge in [0, 0.05) is 25.0 Å². The fourth-order valence-electron chi connectivity index (χ4n) is 3.26. The van der Waals surface area contributed by atoms with E-state index in [1.807, 2.05) is 35.9 Å². The van der Waals surface area contributed by atoms with Gasteiger partial charge in [-0.15, -0.1) is 0 Å². The number of methoxy groups -OCH3 is 1. The monoisotopic (exact) mass is 366 g/mol. The number of carbonyl (C=O) groups is 1. The first-order valence-corrected chi connectivity index (χ1v) is 8.49. The molecular formula is C20H19FN4O2. The van der Waals surface area contributed by atoms with Gasteiger partial charge in [0.1, 0.15) is 23.1 Å². The summed E-state index contributed by atoms with van der Waals surface area (Å²) in [5.74, 6) is 0.897. The minimum Gasteiger partial charge on any atom is -0.497 e. The molecule has 1 amide bonds. The number of aryl methyl sites for hydroxylation is 1. The lowest BCUT2D eigenvalue weighted by Crippen LogP contribution is -2.28. The van der Waals surface area contributed by atoms with Crippen LogP contribution in [-0.4, -0.2) is 39.5 Å². The smallest absolute Gasteiger partial charge is 0.270 e. The topological polar surface area (TPSA) is 63.1 Å². The molecule has 2 aromatic carbocycles. The van der Waals surface area contributed by atoms with Crippen molar-refractivity contribution in [1.29, 1.82) is 0 Å². The number of H-pyrrole nitrogens is 1. The summed E-state index contributed by atoms with van der Waals surface area (Å²) >= 11 is 0. The number of aromatic nitrogens is 3. The predicted molar refractivity (Wildman–Crippen MR) is 101 cm³/mol. The number of imidazole rings is 1. The molecule has 0 saturated heterocycles. The highest BCUT2D eigenvalue weighted by atomic mass is 19.1. The van der Waals surface area contributed by atoms with Crippen LogP contribution in [0.3, 0.4) is 0 Å². The van der Waals surface area contributed by atoms with E-state index < -0.39 is 0 Å². The van der Waals surface area contributed by atoms with Crippen LogP contribution in [0.15, 0.2) is 42.5 Å². The Bertz CT molecular complexity index is 1160. The van der Waals surface area contributed by atoms with Crippen molar-refractivity contribution in [3.8, 4) is 5.75 Å². The fourth-order valence-corrected chi connectivity index (χ4v) is 3.26. The largest absolute Gasteiger partial charge is 0.497 e. The maximum Gasteiger partial charge on any atom is 0.270 e. The first-order valence-electron chi connectivity index (χ1n) is 8.49. The molecule has 138 valence electrons. The lowest BCUT2D eigenvalue weighted by atomic mass is 10.2. The van der Waals surface area contributed by atoms with Crippen LogP contribution in [0.5, 0.6) is 5.75 Å². The molecule has 0 radical (unpaired) electrons. The van der Waals surface area contributed by atoms with Gasteiger partial charge in [-0.2, -0.15) is 0 Å². The third-order valence-electron chi connectivity index (χ3n) is 4.70. The number of nitrogens with one attached hydrogen (secondary N) is 1. The van der Waals surface area contributed by atoms with E-state index in [1.54, 1.807) is 25.1 Å². The quantitative estimate of drug-likeness (QED) is 0.601. The van der Waals surface area contributed by atoms with Gasteiger partial charge < -0.3 is 19.2 Å². The molecule has 27 heavy (non-hydrogen) atoms. The Morgan fingerprint density at radius 1 is 1.26 bits per heavy atom. The van der Waals surface area contributed by atoms with Crippen LogP contribution >= 0.6 is 0 Å². The first-order chi connectivity index (χ1) is 13.0.